The summed E-state index contributed by atoms with van der Waals surface area (Å²) in [5.41, 5.74) is 1.92. The van der Waals surface area contributed by atoms with Crippen LogP contribution in [0, 0.1) is 5.82 Å². The first kappa shape index (κ1) is 28.9. The molecule has 9 nitrogen and oxygen atoms in total. The number of aromatic nitrogens is 2. The van der Waals surface area contributed by atoms with E-state index in [2.05, 4.69) is 33.8 Å². The predicted molar refractivity (Wildman–Crippen MR) is 153 cm³/mol. The number of halogens is 1. The highest BCUT2D eigenvalue weighted by molar-refractivity contribution is 5.96. The Hall–Kier alpha value is -4.05. The number of amides is 2. The molecule has 0 spiro atoms. The lowest BCUT2D eigenvalue weighted by atomic mass is 10.1. The molecule has 0 radical (unpaired) electrons. The first-order valence-electron chi connectivity index (χ1n) is 13.7. The number of piperazine rings is 1. The van der Waals surface area contributed by atoms with Gasteiger partial charge in [-0.15, -0.1) is 10.2 Å². The van der Waals surface area contributed by atoms with Gasteiger partial charge in [0.1, 0.15) is 18.1 Å². The number of anilines is 1. The number of nitrogens with zero attached hydrogens (tertiary/aromatic N) is 6. The minimum Gasteiger partial charge on any atom is -0.497 e. The maximum atomic E-state index is 13.8. The van der Waals surface area contributed by atoms with Crippen molar-refractivity contribution >= 4 is 17.6 Å². The van der Waals surface area contributed by atoms with Crippen LogP contribution in [0.1, 0.15) is 24.2 Å². The van der Waals surface area contributed by atoms with Crippen molar-refractivity contribution in [2.75, 3.05) is 70.9 Å². The van der Waals surface area contributed by atoms with Gasteiger partial charge in [0.25, 0.3) is 5.91 Å². The van der Waals surface area contributed by atoms with E-state index in [-0.39, 0.29) is 23.9 Å². The Labute approximate surface area is 235 Å². The van der Waals surface area contributed by atoms with Crippen molar-refractivity contribution in [1.82, 2.24) is 24.9 Å². The van der Waals surface area contributed by atoms with E-state index in [9.17, 15) is 14.0 Å². The largest absolute Gasteiger partial charge is 0.497 e. The molecule has 4 rings (SSSR count). The number of carbonyl (C=O) groups excluding carboxylic acids is 2. The van der Waals surface area contributed by atoms with E-state index in [4.69, 9.17) is 4.74 Å². The maximum absolute atomic E-state index is 13.8. The molecular formula is C30H37FN6O3. The number of hydrogen-bond donors (Lipinski definition) is 0. The van der Waals surface area contributed by atoms with Gasteiger partial charge < -0.3 is 24.3 Å². The fourth-order valence-electron chi connectivity index (χ4n) is 4.74. The van der Waals surface area contributed by atoms with E-state index >= 15 is 0 Å². The van der Waals surface area contributed by atoms with Gasteiger partial charge in [-0.05, 0) is 55.6 Å². The molecule has 1 fully saturated rings. The summed E-state index contributed by atoms with van der Waals surface area (Å²) in [6.07, 6.45) is 0. The second-order valence-corrected chi connectivity index (χ2v) is 9.64. The van der Waals surface area contributed by atoms with Crippen LogP contribution in [0.4, 0.5) is 10.2 Å². The van der Waals surface area contributed by atoms with Gasteiger partial charge in [0.2, 0.25) is 5.91 Å². The first-order chi connectivity index (χ1) is 19.4. The van der Waals surface area contributed by atoms with Crippen LogP contribution in [0.15, 0.2) is 60.7 Å². The molecule has 0 bridgehead atoms. The van der Waals surface area contributed by atoms with Crippen LogP contribution in [0.25, 0.3) is 11.3 Å². The summed E-state index contributed by atoms with van der Waals surface area (Å²) in [6, 6.07) is 17.2. The van der Waals surface area contributed by atoms with Crippen LogP contribution in [0.5, 0.6) is 5.75 Å². The normalized spacial score (nSPS) is 13.4. The van der Waals surface area contributed by atoms with Gasteiger partial charge in [-0.25, -0.2) is 4.39 Å². The topological polar surface area (TPSA) is 82.1 Å². The van der Waals surface area contributed by atoms with E-state index < -0.39 is 5.82 Å². The second-order valence-electron chi connectivity index (χ2n) is 9.64. The van der Waals surface area contributed by atoms with Gasteiger partial charge in [0.05, 0.1) is 12.8 Å². The zero-order chi connectivity index (χ0) is 28.5. The number of ether oxygens (including phenoxy) is 1. The molecule has 0 N–H and O–H groups in total. The average molecular weight is 549 g/mol. The highest BCUT2D eigenvalue weighted by Crippen LogP contribution is 2.23. The Bertz CT molecular complexity index is 1280. The zero-order valence-electron chi connectivity index (χ0n) is 23.4. The van der Waals surface area contributed by atoms with Crippen molar-refractivity contribution in [2.24, 2.45) is 0 Å². The number of benzene rings is 2. The van der Waals surface area contributed by atoms with E-state index in [1.807, 2.05) is 36.4 Å². The smallest absolute Gasteiger partial charge is 0.254 e. The third-order valence-electron chi connectivity index (χ3n) is 7.24. The number of rotatable bonds is 11. The average Bonchev–Trinajstić information content (AvgIpc) is 3.00. The summed E-state index contributed by atoms with van der Waals surface area (Å²) in [5.74, 6) is 0.569. The molecule has 3 aromatic rings. The molecule has 1 aromatic heterocycles. The lowest BCUT2D eigenvalue weighted by Crippen LogP contribution is -2.52. The number of likely N-dealkylation sites (N-methyl/N-ethyl adjacent to an activating group) is 1. The number of carbonyl (C=O) groups is 2. The molecule has 212 valence electrons. The molecule has 0 aliphatic carbocycles. The molecule has 0 unspecified atom stereocenters. The van der Waals surface area contributed by atoms with E-state index in [0.717, 1.165) is 35.9 Å². The Kier molecular flexibility index (Phi) is 10.0. The van der Waals surface area contributed by atoms with Gasteiger partial charge >= 0.3 is 0 Å². The van der Waals surface area contributed by atoms with Crippen LogP contribution in [0.3, 0.4) is 0 Å². The van der Waals surface area contributed by atoms with Crippen LogP contribution in [0.2, 0.25) is 0 Å². The summed E-state index contributed by atoms with van der Waals surface area (Å²) in [4.78, 5) is 34.1. The summed E-state index contributed by atoms with van der Waals surface area (Å²) >= 11 is 0. The Morgan fingerprint density at radius 2 is 1.68 bits per heavy atom. The molecule has 10 heteroatoms. The van der Waals surface area contributed by atoms with Crippen LogP contribution < -0.4 is 9.64 Å². The van der Waals surface area contributed by atoms with Gasteiger partial charge in [-0.1, -0.05) is 32.0 Å². The monoisotopic (exact) mass is 548 g/mol. The van der Waals surface area contributed by atoms with Crippen molar-refractivity contribution < 1.29 is 18.7 Å². The first-order valence-corrected chi connectivity index (χ1v) is 13.7. The van der Waals surface area contributed by atoms with Crippen molar-refractivity contribution in [2.45, 2.75) is 13.8 Å². The van der Waals surface area contributed by atoms with Gasteiger partial charge in [-0.2, -0.15) is 0 Å². The third kappa shape index (κ3) is 7.32. The Morgan fingerprint density at radius 1 is 0.925 bits per heavy atom. The number of hydrogen-bond acceptors (Lipinski definition) is 7. The van der Waals surface area contributed by atoms with Crippen LogP contribution in [-0.2, 0) is 4.79 Å². The van der Waals surface area contributed by atoms with Gasteiger partial charge in [0, 0.05) is 50.4 Å². The van der Waals surface area contributed by atoms with E-state index in [1.54, 1.807) is 18.1 Å². The molecule has 2 heterocycles. The van der Waals surface area contributed by atoms with Crippen LogP contribution >= 0.6 is 0 Å². The quantitative estimate of drug-likeness (QED) is 0.363. The SMILES string of the molecule is CCN(CC)CCN(CC(=O)N1CCN(c2ccc(-c3cccc(OC)c3)nn2)CC1)C(=O)c1cccc(F)c1. The minimum absolute atomic E-state index is 0.0499. The van der Waals surface area contributed by atoms with Crippen molar-refractivity contribution in [3.05, 3.63) is 72.0 Å². The Morgan fingerprint density at radius 3 is 2.33 bits per heavy atom. The van der Waals surface area contributed by atoms with Crippen molar-refractivity contribution in [3.8, 4) is 17.0 Å². The molecule has 40 heavy (non-hydrogen) atoms. The summed E-state index contributed by atoms with van der Waals surface area (Å²) < 4.78 is 19.1. The molecule has 0 atom stereocenters. The standard InChI is InChI=1S/C30H37FN6O3/c1-4-34(5-2)14-15-37(30(39)24-9-6-10-25(31)20-24)22-29(38)36-18-16-35(17-19-36)28-13-12-27(32-33-28)23-8-7-11-26(21-23)40-3/h6-13,20-21H,4-5,14-19,22H2,1-3H3. The lowest BCUT2D eigenvalue weighted by molar-refractivity contribution is -0.132. The summed E-state index contributed by atoms with van der Waals surface area (Å²) in [5, 5.41) is 8.81. The third-order valence-corrected chi connectivity index (χ3v) is 7.24. The lowest BCUT2D eigenvalue weighted by Gasteiger charge is -2.36. The molecule has 1 aliphatic rings. The molecular weight excluding hydrogens is 511 g/mol. The predicted octanol–water partition coefficient (Wildman–Crippen LogP) is 3.42. The van der Waals surface area contributed by atoms with Gasteiger partial charge in [0.15, 0.2) is 5.82 Å². The van der Waals surface area contributed by atoms with Crippen molar-refractivity contribution in [3.63, 3.8) is 0 Å². The molecule has 2 amide bonds. The molecule has 2 aromatic carbocycles. The van der Waals surface area contributed by atoms with E-state index in [0.29, 0.717) is 39.3 Å². The second kappa shape index (κ2) is 13.8. The summed E-state index contributed by atoms with van der Waals surface area (Å²) in [7, 11) is 1.63. The molecule has 0 saturated carbocycles. The summed E-state index contributed by atoms with van der Waals surface area (Å²) in [6.45, 7) is 9.02. The van der Waals surface area contributed by atoms with Crippen LogP contribution in [-0.4, -0.2) is 103 Å². The fraction of sp³-hybridized carbons (Fsp3) is 0.400. The minimum atomic E-state index is -0.475. The molecule has 1 aliphatic heterocycles. The maximum Gasteiger partial charge on any atom is 0.254 e. The molecule has 1 saturated heterocycles. The highest BCUT2D eigenvalue weighted by atomic mass is 19.1. The highest BCUT2D eigenvalue weighted by Gasteiger charge is 2.26. The van der Waals surface area contributed by atoms with Crippen molar-refractivity contribution in [1.29, 1.82) is 0 Å². The zero-order valence-corrected chi connectivity index (χ0v) is 23.4. The van der Waals surface area contributed by atoms with Gasteiger partial charge in [-0.3, -0.25) is 9.59 Å². The Balaban J connectivity index is 1.37. The number of methoxy groups -OCH3 is 1. The van der Waals surface area contributed by atoms with E-state index in [1.165, 1.54) is 23.1 Å². The fourth-order valence-corrected chi connectivity index (χ4v) is 4.74.